The summed E-state index contributed by atoms with van der Waals surface area (Å²) in [5, 5.41) is 3.21. The molecule has 0 aliphatic heterocycles. The van der Waals surface area contributed by atoms with Crippen LogP contribution in [0.25, 0.3) is 0 Å². The molecule has 0 amide bonds. The van der Waals surface area contributed by atoms with Gasteiger partial charge in [0.15, 0.2) is 0 Å². The number of rotatable bonds is 6. The third kappa shape index (κ3) is 3.20. The minimum atomic E-state index is 0.106. The summed E-state index contributed by atoms with van der Waals surface area (Å²) >= 11 is 1.69. The topological polar surface area (TPSA) is 55.3 Å². The zero-order chi connectivity index (χ0) is 15.0. The maximum absolute atomic E-state index is 6.06. The van der Waals surface area contributed by atoms with Crippen molar-refractivity contribution in [3.05, 3.63) is 39.7 Å². The SMILES string of the molecule is Cc1nc(CN(C)C(CN)c2ccc(C3CC3C)o2)cs1. The Labute approximate surface area is 130 Å². The first-order chi connectivity index (χ1) is 10.1. The number of furan rings is 1. The Balaban J connectivity index is 1.70. The Morgan fingerprint density at radius 2 is 2.29 bits per heavy atom. The molecule has 1 aliphatic rings. The Hall–Kier alpha value is -1.17. The normalized spacial score (nSPS) is 22.7. The first-order valence-electron chi connectivity index (χ1n) is 7.49. The van der Waals surface area contributed by atoms with Gasteiger partial charge in [-0.2, -0.15) is 0 Å². The van der Waals surface area contributed by atoms with Gasteiger partial charge in [-0.15, -0.1) is 11.3 Å². The molecule has 5 heteroatoms. The molecule has 0 bridgehead atoms. The van der Waals surface area contributed by atoms with Crippen molar-refractivity contribution in [3.8, 4) is 0 Å². The summed E-state index contributed by atoms with van der Waals surface area (Å²) in [4.78, 5) is 6.74. The predicted octanol–water partition coefficient (Wildman–Crippen LogP) is 3.30. The highest BCUT2D eigenvalue weighted by Crippen LogP contribution is 2.47. The lowest BCUT2D eigenvalue weighted by molar-refractivity contribution is 0.208. The van der Waals surface area contributed by atoms with Crippen LogP contribution in [0.4, 0.5) is 0 Å². The second-order valence-electron chi connectivity index (χ2n) is 6.08. The van der Waals surface area contributed by atoms with Gasteiger partial charge in [-0.25, -0.2) is 4.98 Å². The van der Waals surface area contributed by atoms with Crippen LogP contribution in [0.2, 0.25) is 0 Å². The Kier molecular flexibility index (Phi) is 4.15. The van der Waals surface area contributed by atoms with Crippen molar-refractivity contribution in [1.82, 2.24) is 9.88 Å². The predicted molar refractivity (Wildman–Crippen MR) is 85.3 cm³/mol. The van der Waals surface area contributed by atoms with Crippen molar-refractivity contribution in [3.63, 3.8) is 0 Å². The molecule has 1 aliphatic carbocycles. The summed E-state index contributed by atoms with van der Waals surface area (Å²) in [5.74, 6) is 3.47. The van der Waals surface area contributed by atoms with Gasteiger partial charge in [0.05, 0.1) is 16.7 Å². The van der Waals surface area contributed by atoms with E-state index in [0.717, 1.165) is 34.7 Å². The Morgan fingerprint density at radius 3 is 2.86 bits per heavy atom. The third-order valence-electron chi connectivity index (χ3n) is 4.28. The molecule has 4 nitrogen and oxygen atoms in total. The molecule has 2 N–H and O–H groups in total. The van der Waals surface area contributed by atoms with E-state index in [-0.39, 0.29) is 6.04 Å². The molecule has 2 aromatic rings. The monoisotopic (exact) mass is 305 g/mol. The summed E-state index contributed by atoms with van der Waals surface area (Å²) in [7, 11) is 2.08. The molecule has 3 rings (SSSR count). The zero-order valence-electron chi connectivity index (χ0n) is 12.9. The lowest BCUT2D eigenvalue weighted by atomic mass is 10.2. The molecule has 3 atom stereocenters. The molecular formula is C16H23N3OS. The van der Waals surface area contributed by atoms with Crippen LogP contribution >= 0.6 is 11.3 Å². The second kappa shape index (κ2) is 5.91. The molecule has 0 spiro atoms. The van der Waals surface area contributed by atoms with Crippen LogP contribution in [-0.2, 0) is 6.54 Å². The van der Waals surface area contributed by atoms with Gasteiger partial charge in [0.25, 0.3) is 0 Å². The van der Waals surface area contributed by atoms with E-state index in [2.05, 4.69) is 41.4 Å². The number of aryl methyl sites for hydroxylation is 1. The van der Waals surface area contributed by atoms with Crippen LogP contribution in [0.1, 0.15) is 47.5 Å². The molecule has 21 heavy (non-hydrogen) atoms. The first-order valence-corrected chi connectivity index (χ1v) is 8.37. The van der Waals surface area contributed by atoms with Crippen molar-refractivity contribution < 1.29 is 4.42 Å². The summed E-state index contributed by atoms with van der Waals surface area (Å²) in [6, 6.07) is 4.31. The van der Waals surface area contributed by atoms with Gasteiger partial charge < -0.3 is 10.2 Å². The maximum Gasteiger partial charge on any atom is 0.122 e. The fraction of sp³-hybridized carbons (Fsp3) is 0.562. The van der Waals surface area contributed by atoms with Crippen LogP contribution in [0.15, 0.2) is 21.9 Å². The molecular weight excluding hydrogens is 282 g/mol. The number of likely N-dealkylation sites (N-methyl/N-ethyl adjacent to an activating group) is 1. The van der Waals surface area contributed by atoms with E-state index >= 15 is 0 Å². The average Bonchev–Trinajstić information content (AvgIpc) is 2.85. The van der Waals surface area contributed by atoms with Gasteiger partial charge in [0.1, 0.15) is 11.5 Å². The number of hydrogen-bond donors (Lipinski definition) is 1. The van der Waals surface area contributed by atoms with Crippen LogP contribution in [0.5, 0.6) is 0 Å². The minimum absolute atomic E-state index is 0.106. The van der Waals surface area contributed by atoms with E-state index in [0.29, 0.717) is 12.5 Å². The maximum atomic E-state index is 6.06. The van der Waals surface area contributed by atoms with Gasteiger partial charge in [-0.05, 0) is 38.4 Å². The van der Waals surface area contributed by atoms with E-state index < -0.39 is 0 Å². The molecule has 1 fully saturated rings. The summed E-state index contributed by atoms with van der Waals surface area (Å²) in [6.07, 6.45) is 1.24. The summed E-state index contributed by atoms with van der Waals surface area (Å²) < 4.78 is 6.06. The zero-order valence-corrected chi connectivity index (χ0v) is 13.7. The van der Waals surface area contributed by atoms with Gasteiger partial charge in [-0.1, -0.05) is 6.92 Å². The van der Waals surface area contributed by atoms with Crippen molar-refractivity contribution in [2.45, 2.75) is 38.8 Å². The molecule has 1 saturated carbocycles. The van der Waals surface area contributed by atoms with E-state index in [1.165, 1.54) is 6.42 Å². The summed E-state index contributed by atoms with van der Waals surface area (Å²) in [6.45, 7) is 5.64. The van der Waals surface area contributed by atoms with Crippen molar-refractivity contribution in [2.24, 2.45) is 11.7 Å². The number of thiazole rings is 1. The van der Waals surface area contributed by atoms with Crippen LogP contribution in [0, 0.1) is 12.8 Å². The third-order valence-corrected chi connectivity index (χ3v) is 5.11. The number of hydrogen-bond acceptors (Lipinski definition) is 5. The molecule has 114 valence electrons. The van der Waals surface area contributed by atoms with E-state index in [1.807, 2.05) is 6.92 Å². The highest BCUT2D eigenvalue weighted by molar-refractivity contribution is 7.09. The highest BCUT2D eigenvalue weighted by atomic mass is 32.1. The van der Waals surface area contributed by atoms with Crippen LogP contribution < -0.4 is 5.73 Å². The standard InChI is InChI=1S/C16H23N3OS/c1-10-6-13(10)15-4-5-16(20-15)14(7-17)19(3)8-12-9-21-11(2)18-12/h4-5,9-10,13-14H,6-8,17H2,1-3H3. The number of aromatic nitrogens is 1. The molecule has 0 aromatic carbocycles. The van der Waals surface area contributed by atoms with Gasteiger partial charge in [-0.3, -0.25) is 4.90 Å². The van der Waals surface area contributed by atoms with Gasteiger partial charge in [0, 0.05) is 24.4 Å². The first kappa shape index (κ1) is 14.8. The van der Waals surface area contributed by atoms with Gasteiger partial charge >= 0.3 is 0 Å². The largest absolute Gasteiger partial charge is 0.464 e. The second-order valence-corrected chi connectivity index (χ2v) is 7.15. The minimum Gasteiger partial charge on any atom is -0.464 e. The quantitative estimate of drug-likeness (QED) is 0.889. The molecule has 0 radical (unpaired) electrons. The molecule has 2 aromatic heterocycles. The molecule has 0 saturated heterocycles. The van der Waals surface area contributed by atoms with Crippen LogP contribution in [0.3, 0.4) is 0 Å². The van der Waals surface area contributed by atoms with Crippen molar-refractivity contribution >= 4 is 11.3 Å². The molecule has 3 unspecified atom stereocenters. The molecule has 2 heterocycles. The average molecular weight is 305 g/mol. The smallest absolute Gasteiger partial charge is 0.122 e. The van der Waals surface area contributed by atoms with E-state index in [4.69, 9.17) is 10.2 Å². The van der Waals surface area contributed by atoms with Gasteiger partial charge in [0.2, 0.25) is 0 Å². The number of nitrogens with two attached hydrogens (primary N) is 1. The lowest BCUT2D eigenvalue weighted by Crippen LogP contribution is -2.30. The van der Waals surface area contributed by atoms with E-state index in [1.54, 1.807) is 11.3 Å². The highest BCUT2D eigenvalue weighted by Gasteiger charge is 2.37. The Morgan fingerprint density at radius 1 is 1.52 bits per heavy atom. The van der Waals surface area contributed by atoms with E-state index in [9.17, 15) is 0 Å². The fourth-order valence-electron chi connectivity index (χ4n) is 2.83. The van der Waals surface area contributed by atoms with Crippen LogP contribution in [-0.4, -0.2) is 23.5 Å². The Bertz CT molecular complexity index is 606. The lowest BCUT2D eigenvalue weighted by Gasteiger charge is -2.24. The number of nitrogens with zero attached hydrogens (tertiary/aromatic N) is 2. The van der Waals surface area contributed by atoms with Crippen molar-refractivity contribution in [1.29, 1.82) is 0 Å². The van der Waals surface area contributed by atoms with Crippen molar-refractivity contribution in [2.75, 3.05) is 13.6 Å². The summed E-state index contributed by atoms with van der Waals surface area (Å²) in [5.41, 5.74) is 7.07. The fourth-order valence-corrected chi connectivity index (χ4v) is 3.43.